The Labute approximate surface area is 197 Å². The van der Waals surface area contributed by atoms with E-state index < -0.39 is 5.25 Å². The molecule has 0 saturated carbocycles. The highest BCUT2D eigenvalue weighted by Gasteiger charge is 2.26. The lowest BCUT2D eigenvalue weighted by atomic mass is 10.1. The van der Waals surface area contributed by atoms with Crippen LogP contribution in [-0.4, -0.2) is 39.9 Å². The van der Waals surface area contributed by atoms with E-state index in [1.807, 2.05) is 30.5 Å². The maximum absolute atomic E-state index is 11.5. The summed E-state index contributed by atoms with van der Waals surface area (Å²) in [6, 6.07) is 10.8. The first-order chi connectivity index (χ1) is 14.8. The van der Waals surface area contributed by atoms with Gasteiger partial charge in [-0.1, -0.05) is 23.4 Å². The molecule has 0 aliphatic carbocycles. The predicted octanol–water partition coefficient (Wildman–Crippen LogP) is 5.51. The van der Waals surface area contributed by atoms with E-state index in [9.17, 15) is 10.1 Å². The second-order valence-corrected chi connectivity index (χ2v) is 8.89. The van der Waals surface area contributed by atoms with E-state index in [0.717, 1.165) is 5.69 Å². The Hall–Kier alpha value is -2.30. The average Bonchev–Trinajstić information content (AvgIpc) is 3.08. The molecule has 1 aromatic heterocycles. The minimum Gasteiger partial charge on any atom is -0.492 e. The van der Waals surface area contributed by atoms with Crippen molar-refractivity contribution < 1.29 is 14.4 Å². The summed E-state index contributed by atoms with van der Waals surface area (Å²) in [7, 11) is 1.54. The molecule has 31 heavy (non-hydrogen) atoms. The minimum absolute atomic E-state index is 0.304. The van der Waals surface area contributed by atoms with Crippen LogP contribution in [0.2, 0.25) is 5.02 Å². The molecule has 0 N–H and O–H groups in total. The van der Waals surface area contributed by atoms with Crippen LogP contribution >= 0.6 is 39.3 Å². The van der Waals surface area contributed by atoms with Crippen LogP contribution in [-0.2, 0) is 0 Å². The molecule has 0 spiro atoms. The van der Waals surface area contributed by atoms with Crippen LogP contribution in [0.1, 0.15) is 23.6 Å². The molecule has 11 heteroatoms. The summed E-state index contributed by atoms with van der Waals surface area (Å²) in [6.07, 6.45) is 0. The Kier molecular flexibility index (Phi) is 7.79. The number of hydrogen-bond donors (Lipinski definition) is 0. The molecule has 8 nitrogen and oxygen atoms in total. The lowest BCUT2D eigenvalue weighted by Crippen LogP contribution is -2.12. The molecule has 3 aromatic rings. The molecule has 0 saturated heterocycles. The zero-order chi connectivity index (χ0) is 22.5. The quantitative estimate of drug-likeness (QED) is 0.206. The molecule has 0 radical (unpaired) electrons. The number of thioether (sulfide) groups is 1. The largest absolute Gasteiger partial charge is 0.492 e. The van der Waals surface area contributed by atoms with E-state index in [4.69, 9.17) is 21.1 Å². The van der Waals surface area contributed by atoms with Crippen LogP contribution in [0.5, 0.6) is 11.5 Å². The Morgan fingerprint density at radius 2 is 2.00 bits per heavy atom. The molecule has 3 rings (SSSR count). The van der Waals surface area contributed by atoms with Gasteiger partial charge in [0, 0.05) is 15.6 Å². The lowest BCUT2D eigenvalue weighted by molar-refractivity contribution is -0.479. The van der Waals surface area contributed by atoms with E-state index in [2.05, 4.69) is 26.1 Å². The van der Waals surface area contributed by atoms with Gasteiger partial charge in [-0.15, -0.1) is 10.2 Å². The Morgan fingerprint density at radius 3 is 2.61 bits per heavy atom. The Balaban J connectivity index is 2.03. The predicted molar refractivity (Wildman–Crippen MR) is 123 cm³/mol. The van der Waals surface area contributed by atoms with Gasteiger partial charge in [-0.25, -0.2) is 0 Å². The van der Waals surface area contributed by atoms with Gasteiger partial charge in [0.1, 0.15) is 11.1 Å². The number of rotatable bonds is 9. The third kappa shape index (κ3) is 5.50. The Morgan fingerprint density at radius 1 is 1.29 bits per heavy atom. The fourth-order valence-corrected chi connectivity index (χ4v) is 4.92. The van der Waals surface area contributed by atoms with Gasteiger partial charge in [-0.05, 0) is 71.7 Å². The molecule has 0 bridgehead atoms. The fraction of sp³-hybridized carbons (Fsp3) is 0.300. The van der Waals surface area contributed by atoms with Crippen molar-refractivity contribution in [3.8, 4) is 17.2 Å². The average molecular weight is 528 g/mol. The van der Waals surface area contributed by atoms with Crippen LogP contribution in [0.4, 0.5) is 0 Å². The number of hydrogen-bond acceptors (Lipinski definition) is 7. The molecule has 1 atom stereocenters. The van der Waals surface area contributed by atoms with Gasteiger partial charge in [-0.2, -0.15) is 0 Å². The number of halogens is 2. The maximum Gasteiger partial charge on any atom is 0.220 e. The monoisotopic (exact) mass is 526 g/mol. The molecular weight excluding hydrogens is 508 g/mol. The van der Waals surface area contributed by atoms with Crippen LogP contribution in [0.3, 0.4) is 0 Å². The first-order valence-electron chi connectivity index (χ1n) is 9.30. The number of ether oxygens (including phenoxy) is 2. The normalized spacial score (nSPS) is 11.9. The molecule has 0 unspecified atom stereocenters. The van der Waals surface area contributed by atoms with E-state index in [-0.39, 0.29) is 11.5 Å². The number of aromatic nitrogens is 3. The molecule has 2 aromatic carbocycles. The molecule has 1 heterocycles. The Bertz CT molecular complexity index is 1080. The van der Waals surface area contributed by atoms with E-state index in [0.29, 0.717) is 44.1 Å². The number of aryl methyl sites for hydroxylation is 1. The smallest absolute Gasteiger partial charge is 0.220 e. The van der Waals surface area contributed by atoms with Crippen LogP contribution in [0.25, 0.3) is 5.69 Å². The third-order valence-corrected chi connectivity index (χ3v) is 6.37. The van der Waals surface area contributed by atoms with Gasteiger partial charge in [0.2, 0.25) is 6.54 Å². The van der Waals surface area contributed by atoms with Crippen LogP contribution < -0.4 is 9.47 Å². The highest BCUT2D eigenvalue weighted by atomic mass is 79.9. The van der Waals surface area contributed by atoms with Crippen molar-refractivity contribution >= 4 is 39.3 Å². The van der Waals surface area contributed by atoms with Crippen LogP contribution in [0.15, 0.2) is 46.0 Å². The summed E-state index contributed by atoms with van der Waals surface area (Å²) in [5.41, 5.74) is 1.53. The summed E-state index contributed by atoms with van der Waals surface area (Å²) < 4.78 is 13.6. The van der Waals surface area contributed by atoms with Gasteiger partial charge in [0.05, 0.1) is 18.2 Å². The first kappa shape index (κ1) is 23.4. The summed E-state index contributed by atoms with van der Waals surface area (Å²) in [6.45, 7) is 3.82. The van der Waals surface area contributed by atoms with Crippen molar-refractivity contribution in [1.29, 1.82) is 0 Å². The second kappa shape index (κ2) is 10.3. The lowest BCUT2D eigenvalue weighted by Gasteiger charge is -2.18. The van der Waals surface area contributed by atoms with Crippen molar-refractivity contribution in [3.63, 3.8) is 0 Å². The second-order valence-electron chi connectivity index (χ2n) is 6.43. The standard InChI is InChI=1S/C20H20BrClN4O4S/c1-4-30-17-10-13(9-16(21)19(17)29-3)18(11-25(27)28)31-20-24-23-12(2)26(20)15-7-5-14(22)6-8-15/h5-10,18H,4,11H2,1-3H3/t18-/m1/s1. The van der Waals surface area contributed by atoms with E-state index >= 15 is 0 Å². The number of benzene rings is 2. The topological polar surface area (TPSA) is 92.3 Å². The summed E-state index contributed by atoms with van der Waals surface area (Å²) in [5, 5.41) is 20.5. The molecule has 0 amide bonds. The van der Waals surface area contributed by atoms with E-state index in [1.165, 1.54) is 11.8 Å². The first-order valence-corrected chi connectivity index (χ1v) is 11.4. The highest BCUT2D eigenvalue weighted by molar-refractivity contribution is 9.10. The van der Waals surface area contributed by atoms with Gasteiger partial charge < -0.3 is 9.47 Å². The van der Waals surface area contributed by atoms with Gasteiger partial charge in [-0.3, -0.25) is 14.7 Å². The zero-order valence-corrected chi connectivity index (χ0v) is 20.2. The number of nitrogens with zero attached hydrogens (tertiary/aromatic N) is 4. The van der Waals surface area contributed by atoms with E-state index in [1.54, 1.807) is 31.4 Å². The number of methoxy groups -OCH3 is 1. The van der Waals surface area contributed by atoms with Crippen molar-refractivity contribution in [2.24, 2.45) is 0 Å². The molecule has 0 aliphatic heterocycles. The fourth-order valence-electron chi connectivity index (χ4n) is 3.01. The maximum atomic E-state index is 11.5. The van der Waals surface area contributed by atoms with Crippen molar-refractivity contribution in [2.45, 2.75) is 24.3 Å². The number of nitro groups is 1. The minimum atomic E-state index is -0.536. The molecule has 0 fully saturated rings. The SMILES string of the molecule is CCOc1cc([C@@H](C[N+](=O)[O-])Sc2nnc(C)n2-c2ccc(Cl)cc2)cc(Br)c1OC. The van der Waals surface area contributed by atoms with Crippen molar-refractivity contribution in [1.82, 2.24) is 14.8 Å². The highest BCUT2D eigenvalue weighted by Crippen LogP contribution is 2.43. The van der Waals surface area contributed by atoms with Gasteiger partial charge in [0.25, 0.3) is 0 Å². The summed E-state index contributed by atoms with van der Waals surface area (Å²) >= 11 is 10.8. The molecule has 164 valence electrons. The summed E-state index contributed by atoms with van der Waals surface area (Å²) in [4.78, 5) is 11.1. The molecular formula is C20H20BrClN4O4S. The molecule has 0 aliphatic rings. The zero-order valence-electron chi connectivity index (χ0n) is 17.0. The summed E-state index contributed by atoms with van der Waals surface area (Å²) in [5.74, 6) is 1.71. The third-order valence-electron chi connectivity index (χ3n) is 4.35. The van der Waals surface area contributed by atoms with Crippen molar-refractivity contribution in [2.75, 3.05) is 20.3 Å². The van der Waals surface area contributed by atoms with Crippen molar-refractivity contribution in [3.05, 3.63) is 67.4 Å². The van der Waals surface area contributed by atoms with Crippen LogP contribution in [0, 0.1) is 17.0 Å². The van der Waals surface area contributed by atoms with Gasteiger partial charge in [0.15, 0.2) is 16.7 Å². The van der Waals surface area contributed by atoms with Gasteiger partial charge >= 0.3 is 0 Å².